The fraction of sp³-hybridized carbons (Fsp3) is 0.207. The first-order chi connectivity index (χ1) is 16.7. The fourth-order valence-electron chi connectivity index (χ4n) is 5.25. The van der Waals surface area contributed by atoms with Crippen LogP contribution >= 0.6 is 0 Å². The van der Waals surface area contributed by atoms with Crippen LogP contribution in [0.4, 0.5) is 0 Å². The number of fused-ring (bicyclic) bond motifs is 2. The van der Waals surface area contributed by atoms with Gasteiger partial charge >= 0.3 is 5.97 Å². The number of hydrogen-bond acceptors (Lipinski definition) is 3. The summed E-state index contributed by atoms with van der Waals surface area (Å²) in [5.41, 5.74) is 7.41. The lowest BCUT2D eigenvalue weighted by Gasteiger charge is -2.20. The molecular formula is C29H27NO4S. The van der Waals surface area contributed by atoms with Gasteiger partial charge in [0.1, 0.15) is 0 Å². The molecule has 1 aliphatic heterocycles. The molecule has 0 fully saturated rings. The second kappa shape index (κ2) is 8.63. The third-order valence-corrected chi connectivity index (χ3v) is 8.95. The molecule has 35 heavy (non-hydrogen) atoms. The maximum Gasteiger partial charge on any atom is 0.307 e. The highest BCUT2D eigenvalue weighted by Gasteiger charge is 2.35. The lowest BCUT2D eigenvalue weighted by molar-refractivity contribution is -0.136. The monoisotopic (exact) mass is 485 g/mol. The van der Waals surface area contributed by atoms with Crippen LogP contribution in [-0.2, 0) is 34.3 Å². The number of carbonyl (C=O) groups is 1. The SMILES string of the molecule is Cc1ccc(-c2c(C)c3c(c(C)c2CC(=O)O)CN(S(=O)(=O)c2cccc4ccccc24)C3)cc1. The van der Waals surface area contributed by atoms with Crippen LogP contribution in [0.1, 0.15) is 33.4 Å². The van der Waals surface area contributed by atoms with Gasteiger partial charge in [-0.25, -0.2) is 8.42 Å². The van der Waals surface area contributed by atoms with E-state index in [9.17, 15) is 18.3 Å². The third-order valence-electron chi connectivity index (χ3n) is 7.10. The van der Waals surface area contributed by atoms with Gasteiger partial charge in [0.05, 0.1) is 11.3 Å². The summed E-state index contributed by atoms with van der Waals surface area (Å²) in [6.45, 7) is 6.40. The molecule has 1 aliphatic rings. The summed E-state index contributed by atoms with van der Waals surface area (Å²) in [4.78, 5) is 12.1. The van der Waals surface area contributed by atoms with E-state index in [1.807, 2.05) is 75.4 Å². The van der Waals surface area contributed by atoms with Gasteiger partial charge in [0.2, 0.25) is 10.0 Å². The molecule has 0 radical (unpaired) electrons. The maximum atomic E-state index is 13.8. The molecule has 0 amide bonds. The molecule has 1 heterocycles. The van der Waals surface area contributed by atoms with Crippen molar-refractivity contribution in [3.63, 3.8) is 0 Å². The largest absolute Gasteiger partial charge is 0.481 e. The van der Waals surface area contributed by atoms with Gasteiger partial charge in [0, 0.05) is 18.5 Å². The predicted molar refractivity (Wildman–Crippen MR) is 138 cm³/mol. The summed E-state index contributed by atoms with van der Waals surface area (Å²) >= 11 is 0. The van der Waals surface area contributed by atoms with E-state index in [-0.39, 0.29) is 19.5 Å². The molecule has 0 saturated carbocycles. The number of nitrogens with zero attached hydrogens (tertiary/aromatic N) is 1. The molecule has 0 aromatic heterocycles. The van der Waals surface area contributed by atoms with E-state index in [2.05, 4.69) is 0 Å². The van der Waals surface area contributed by atoms with Crippen molar-refractivity contribution in [2.75, 3.05) is 0 Å². The second-order valence-corrected chi connectivity index (χ2v) is 11.2. The number of sulfonamides is 1. The van der Waals surface area contributed by atoms with Crippen molar-refractivity contribution in [3.8, 4) is 11.1 Å². The first-order valence-corrected chi connectivity index (χ1v) is 13.0. The minimum Gasteiger partial charge on any atom is -0.481 e. The first kappa shape index (κ1) is 23.3. The Morgan fingerprint density at radius 2 is 1.49 bits per heavy atom. The lowest BCUT2D eigenvalue weighted by Crippen LogP contribution is -2.26. The second-order valence-electron chi connectivity index (χ2n) is 9.25. The number of rotatable bonds is 5. The summed E-state index contributed by atoms with van der Waals surface area (Å²) in [6.07, 6.45) is -0.112. The van der Waals surface area contributed by atoms with Crippen LogP contribution in [0.2, 0.25) is 0 Å². The number of carboxylic acids is 1. The van der Waals surface area contributed by atoms with Crippen LogP contribution in [-0.4, -0.2) is 23.8 Å². The minimum absolute atomic E-state index is 0.112. The van der Waals surface area contributed by atoms with Gasteiger partial charge < -0.3 is 5.11 Å². The first-order valence-electron chi connectivity index (χ1n) is 11.6. The van der Waals surface area contributed by atoms with Gasteiger partial charge in [-0.3, -0.25) is 4.79 Å². The van der Waals surface area contributed by atoms with E-state index >= 15 is 0 Å². The zero-order chi connectivity index (χ0) is 24.9. The van der Waals surface area contributed by atoms with Crippen molar-refractivity contribution in [1.82, 2.24) is 4.31 Å². The van der Waals surface area contributed by atoms with E-state index in [1.54, 1.807) is 12.1 Å². The molecule has 178 valence electrons. The van der Waals surface area contributed by atoms with E-state index in [4.69, 9.17) is 0 Å². The van der Waals surface area contributed by atoms with Crippen molar-refractivity contribution in [2.24, 2.45) is 0 Å². The molecule has 0 unspecified atom stereocenters. The average molecular weight is 486 g/mol. The Labute approximate surface area is 205 Å². The van der Waals surface area contributed by atoms with Gasteiger partial charge in [0.15, 0.2) is 0 Å². The van der Waals surface area contributed by atoms with Crippen LogP contribution in [0.3, 0.4) is 0 Å². The van der Waals surface area contributed by atoms with Gasteiger partial charge in [-0.1, -0.05) is 66.2 Å². The van der Waals surface area contributed by atoms with E-state index in [0.717, 1.165) is 49.9 Å². The summed E-state index contributed by atoms with van der Waals surface area (Å²) in [5, 5.41) is 11.2. The molecule has 0 spiro atoms. The summed E-state index contributed by atoms with van der Waals surface area (Å²) in [6, 6.07) is 20.9. The van der Waals surface area contributed by atoms with Crippen LogP contribution < -0.4 is 0 Å². The third kappa shape index (κ3) is 3.93. The average Bonchev–Trinajstić information content (AvgIpc) is 3.30. The minimum atomic E-state index is -3.77. The van der Waals surface area contributed by atoms with Crippen molar-refractivity contribution < 1.29 is 18.3 Å². The molecule has 0 saturated heterocycles. The standard InChI is InChI=1S/C29H27NO4S/c1-18-11-13-22(14-12-18)29-20(3)26-17-30(16-25(26)19(2)24(29)15-28(31)32)35(33,34)27-10-6-8-21-7-4-5-9-23(21)27/h4-14H,15-17H2,1-3H3,(H,31,32). The van der Waals surface area contributed by atoms with Gasteiger partial charge in [-0.05, 0) is 71.2 Å². The molecule has 0 bridgehead atoms. The summed E-state index contributed by atoms with van der Waals surface area (Å²) in [7, 11) is -3.77. The van der Waals surface area contributed by atoms with Crippen molar-refractivity contribution in [3.05, 3.63) is 100 Å². The molecule has 6 heteroatoms. The summed E-state index contributed by atoms with van der Waals surface area (Å²) < 4.78 is 29.2. The fourth-order valence-corrected chi connectivity index (χ4v) is 6.84. The Bertz CT molecular complexity index is 1580. The molecular weight excluding hydrogens is 458 g/mol. The number of benzene rings is 4. The van der Waals surface area contributed by atoms with Crippen molar-refractivity contribution >= 4 is 26.8 Å². The quantitative estimate of drug-likeness (QED) is 0.390. The number of carboxylic acid groups (broad SMARTS) is 1. The zero-order valence-electron chi connectivity index (χ0n) is 20.0. The lowest BCUT2D eigenvalue weighted by atomic mass is 9.84. The Morgan fingerprint density at radius 1 is 0.857 bits per heavy atom. The highest BCUT2D eigenvalue weighted by Crippen LogP contribution is 2.41. The van der Waals surface area contributed by atoms with Crippen LogP contribution in [0.5, 0.6) is 0 Å². The van der Waals surface area contributed by atoms with Gasteiger partial charge in [0.25, 0.3) is 0 Å². The molecule has 0 aliphatic carbocycles. The van der Waals surface area contributed by atoms with Crippen molar-refractivity contribution in [2.45, 2.75) is 45.2 Å². The number of hydrogen-bond donors (Lipinski definition) is 1. The molecule has 5 nitrogen and oxygen atoms in total. The molecule has 1 N–H and O–H groups in total. The number of aryl methyl sites for hydroxylation is 1. The zero-order valence-corrected chi connectivity index (χ0v) is 20.8. The maximum absolute atomic E-state index is 13.8. The Balaban J connectivity index is 1.65. The molecule has 5 rings (SSSR count). The molecule has 0 atom stereocenters. The Morgan fingerprint density at radius 3 is 2.17 bits per heavy atom. The van der Waals surface area contributed by atoms with E-state index in [1.165, 1.54) is 4.31 Å². The van der Waals surface area contributed by atoms with E-state index in [0.29, 0.717) is 10.3 Å². The highest BCUT2D eigenvalue weighted by atomic mass is 32.2. The molecule has 4 aromatic rings. The number of aliphatic carboxylic acids is 1. The summed E-state index contributed by atoms with van der Waals surface area (Å²) in [5.74, 6) is -0.904. The van der Waals surface area contributed by atoms with Crippen LogP contribution in [0.15, 0.2) is 71.6 Å². The Kier molecular flexibility index (Phi) is 5.74. The van der Waals surface area contributed by atoms with Crippen LogP contribution in [0.25, 0.3) is 21.9 Å². The van der Waals surface area contributed by atoms with Gasteiger partial charge in [-0.15, -0.1) is 0 Å². The van der Waals surface area contributed by atoms with Gasteiger partial charge in [-0.2, -0.15) is 4.31 Å². The topological polar surface area (TPSA) is 74.7 Å². The normalized spacial score (nSPS) is 13.8. The molecule has 4 aromatic carbocycles. The predicted octanol–water partition coefficient (Wildman–Crippen LogP) is 5.76. The van der Waals surface area contributed by atoms with E-state index < -0.39 is 16.0 Å². The smallest absolute Gasteiger partial charge is 0.307 e. The van der Waals surface area contributed by atoms with Crippen LogP contribution in [0, 0.1) is 20.8 Å². The van der Waals surface area contributed by atoms with Crippen molar-refractivity contribution in [1.29, 1.82) is 0 Å². The highest BCUT2D eigenvalue weighted by molar-refractivity contribution is 7.89. The Hall–Kier alpha value is -3.48.